The third-order valence-electron chi connectivity index (χ3n) is 4.83. The van der Waals surface area contributed by atoms with Gasteiger partial charge in [-0.15, -0.1) is 11.3 Å². The van der Waals surface area contributed by atoms with Gasteiger partial charge in [0, 0.05) is 22.7 Å². The van der Waals surface area contributed by atoms with Crippen molar-refractivity contribution in [2.24, 2.45) is 5.73 Å². The van der Waals surface area contributed by atoms with Crippen LogP contribution in [0.2, 0.25) is 0 Å². The van der Waals surface area contributed by atoms with Gasteiger partial charge in [-0.25, -0.2) is 0 Å². The number of nitrogens with one attached hydrogen (secondary N) is 1. The van der Waals surface area contributed by atoms with Crippen molar-refractivity contribution in [1.29, 1.82) is 0 Å². The second-order valence-electron chi connectivity index (χ2n) is 6.36. The minimum atomic E-state index is -0.796. The van der Waals surface area contributed by atoms with Crippen LogP contribution in [0.3, 0.4) is 0 Å². The third kappa shape index (κ3) is 2.17. The molecule has 2 heterocycles. The molecular weight excluding hydrogens is 318 g/mol. The maximum absolute atomic E-state index is 12.6. The van der Waals surface area contributed by atoms with Gasteiger partial charge in [-0.2, -0.15) is 0 Å². The smallest absolute Gasteiger partial charge is 0.249 e. The second kappa shape index (κ2) is 5.41. The molecule has 1 aromatic heterocycles. The maximum Gasteiger partial charge on any atom is 0.249 e. The van der Waals surface area contributed by atoms with E-state index in [9.17, 15) is 4.79 Å². The molecule has 2 aromatic carbocycles. The Morgan fingerprint density at radius 2 is 2.00 bits per heavy atom. The van der Waals surface area contributed by atoms with Crippen molar-refractivity contribution in [3.63, 3.8) is 0 Å². The Bertz CT molecular complexity index is 935. The lowest BCUT2D eigenvalue weighted by molar-refractivity contribution is -0.131. The number of thiophene rings is 1. The number of nitrogens with two attached hydrogens (primary N) is 1. The zero-order chi connectivity index (χ0) is 16.9. The Labute approximate surface area is 144 Å². The van der Waals surface area contributed by atoms with E-state index in [2.05, 4.69) is 47.1 Å². The van der Waals surface area contributed by atoms with Gasteiger partial charge in [0.1, 0.15) is 11.8 Å². The molecule has 0 saturated carbocycles. The molecule has 3 N–H and O–H groups in total. The Balaban J connectivity index is 1.82. The third-order valence-corrected chi connectivity index (χ3v) is 5.80. The van der Waals surface area contributed by atoms with E-state index in [-0.39, 0.29) is 5.91 Å². The summed E-state index contributed by atoms with van der Waals surface area (Å²) in [6.45, 7) is 1.89. The summed E-state index contributed by atoms with van der Waals surface area (Å²) in [5.74, 6) is -0.0117. The van der Waals surface area contributed by atoms with Crippen LogP contribution in [0.25, 0.3) is 21.2 Å². The fourth-order valence-electron chi connectivity index (χ4n) is 3.34. The predicted molar refractivity (Wildman–Crippen MR) is 98.5 cm³/mol. The molecule has 1 aliphatic heterocycles. The Morgan fingerprint density at radius 3 is 2.75 bits per heavy atom. The number of hydrogen-bond donors (Lipinski definition) is 2. The number of amides is 1. The first-order valence-electron chi connectivity index (χ1n) is 7.88. The zero-order valence-corrected chi connectivity index (χ0v) is 14.4. The Morgan fingerprint density at radius 1 is 1.21 bits per heavy atom. The quantitative estimate of drug-likeness (QED) is 0.755. The molecule has 2 atom stereocenters. The molecule has 3 aromatic rings. The molecule has 122 valence electrons. The fourth-order valence-corrected chi connectivity index (χ4v) is 4.31. The number of rotatable bonds is 2. The van der Waals surface area contributed by atoms with Crippen LogP contribution in [0.1, 0.15) is 12.5 Å². The van der Waals surface area contributed by atoms with Gasteiger partial charge >= 0.3 is 0 Å². The minimum Gasteiger partial charge on any atom is -0.316 e. The Hall–Kier alpha value is -2.21. The van der Waals surface area contributed by atoms with E-state index in [1.807, 2.05) is 19.1 Å². The van der Waals surface area contributed by atoms with Crippen LogP contribution in [-0.4, -0.2) is 24.1 Å². The molecule has 4 nitrogen and oxygen atoms in total. The summed E-state index contributed by atoms with van der Waals surface area (Å²) >= 11 is 1.74. The van der Waals surface area contributed by atoms with Crippen LogP contribution >= 0.6 is 11.3 Å². The summed E-state index contributed by atoms with van der Waals surface area (Å²) in [6.07, 6.45) is -0.465. The topological polar surface area (TPSA) is 58.4 Å². The van der Waals surface area contributed by atoms with E-state index < -0.39 is 11.8 Å². The van der Waals surface area contributed by atoms with Gasteiger partial charge in [0.15, 0.2) is 0 Å². The average Bonchev–Trinajstić information content (AvgIpc) is 3.11. The highest BCUT2D eigenvalue weighted by molar-refractivity contribution is 7.17. The van der Waals surface area contributed by atoms with E-state index in [4.69, 9.17) is 5.73 Å². The van der Waals surface area contributed by atoms with Gasteiger partial charge in [-0.05, 0) is 35.6 Å². The van der Waals surface area contributed by atoms with E-state index in [1.165, 1.54) is 15.6 Å². The highest BCUT2D eigenvalue weighted by Gasteiger charge is 2.46. The van der Waals surface area contributed by atoms with Crippen LogP contribution in [0, 0.1) is 0 Å². The van der Waals surface area contributed by atoms with Crippen molar-refractivity contribution in [3.8, 4) is 11.1 Å². The fraction of sp³-hybridized carbons (Fsp3) is 0.211. The largest absolute Gasteiger partial charge is 0.316 e. The van der Waals surface area contributed by atoms with E-state index in [0.717, 1.165) is 11.1 Å². The van der Waals surface area contributed by atoms with E-state index in [1.54, 1.807) is 23.3 Å². The van der Waals surface area contributed by atoms with Crippen LogP contribution in [0.5, 0.6) is 0 Å². The number of carbonyl (C=O) groups is 1. The standard InChI is InChI=1S/C19H19N3OS/c1-19(17(23)22(2)18(20)21-19)13-7-5-6-12(10-13)15-11-24-16-9-4-3-8-14(15)16/h3-11,18,21H,20H2,1-2H3. The summed E-state index contributed by atoms with van der Waals surface area (Å²) < 4.78 is 1.26. The number of nitrogens with zero attached hydrogens (tertiary/aromatic N) is 1. The summed E-state index contributed by atoms with van der Waals surface area (Å²) in [7, 11) is 1.72. The highest BCUT2D eigenvalue weighted by atomic mass is 32.1. The lowest BCUT2D eigenvalue weighted by Crippen LogP contribution is -2.45. The van der Waals surface area contributed by atoms with Crippen molar-refractivity contribution in [2.45, 2.75) is 18.8 Å². The maximum atomic E-state index is 12.6. The molecule has 24 heavy (non-hydrogen) atoms. The van der Waals surface area contributed by atoms with Crippen molar-refractivity contribution in [1.82, 2.24) is 10.2 Å². The number of fused-ring (bicyclic) bond motifs is 1. The average molecular weight is 337 g/mol. The molecule has 0 radical (unpaired) electrons. The van der Waals surface area contributed by atoms with E-state index >= 15 is 0 Å². The van der Waals surface area contributed by atoms with Crippen molar-refractivity contribution in [2.75, 3.05) is 7.05 Å². The van der Waals surface area contributed by atoms with Gasteiger partial charge in [-0.1, -0.05) is 36.4 Å². The van der Waals surface area contributed by atoms with E-state index in [0.29, 0.717) is 0 Å². The predicted octanol–water partition coefficient (Wildman–Crippen LogP) is 3.09. The summed E-state index contributed by atoms with van der Waals surface area (Å²) in [5, 5.41) is 6.63. The van der Waals surface area contributed by atoms with Gasteiger partial charge in [-0.3, -0.25) is 15.8 Å². The van der Waals surface area contributed by atoms with Gasteiger partial charge in [0.25, 0.3) is 0 Å². The van der Waals surface area contributed by atoms with Gasteiger partial charge in [0.05, 0.1) is 0 Å². The molecule has 0 spiro atoms. The number of carbonyl (C=O) groups excluding carboxylic acids is 1. The number of likely N-dealkylation sites (N-methyl/N-ethyl adjacent to an activating group) is 1. The Kier molecular flexibility index (Phi) is 3.46. The van der Waals surface area contributed by atoms with Gasteiger partial charge < -0.3 is 4.90 Å². The zero-order valence-electron chi connectivity index (χ0n) is 13.6. The molecule has 1 saturated heterocycles. The minimum absolute atomic E-state index is 0.0117. The summed E-state index contributed by atoms with van der Waals surface area (Å²) in [4.78, 5) is 14.2. The molecule has 1 aliphatic rings. The molecule has 0 aliphatic carbocycles. The van der Waals surface area contributed by atoms with Crippen LogP contribution < -0.4 is 11.1 Å². The molecule has 1 fully saturated rings. The second-order valence-corrected chi connectivity index (χ2v) is 7.27. The first kappa shape index (κ1) is 15.3. The van der Waals surface area contributed by atoms with Crippen molar-refractivity contribution < 1.29 is 4.79 Å². The van der Waals surface area contributed by atoms with Crippen LogP contribution in [-0.2, 0) is 10.3 Å². The molecule has 2 unspecified atom stereocenters. The monoisotopic (exact) mass is 337 g/mol. The van der Waals surface area contributed by atoms with Crippen molar-refractivity contribution >= 4 is 27.3 Å². The normalized spacial score (nSPS) is 24.0. The molecule has 0 bridgehead atoms. The highest BCUT2D eigenvalue weighted by Crippen LogP contribution is 2.36. The number of benzene rings is 2. The first-order valence-corrected chi connectivity index (χ1v) is 8.76. The van der Waals surface area contributed by atoms with Crippen LogP contribution in [0.4, 0.5) is 0 Å². The number of hydrogen-bond acceptors (Lipinski definition) is 4. The first-order chi connectivity index (χ1) is 11.5. The van der Waals surface area contributed by atoms with Crippen LogP contribution in [0.15, 0.2) is 53.9 Å². The summed E-state index contributed by atoms with van der Waals surface area (Å²) in [5.41, 5.74) is 8.43. The SMILES string of the molecule is CN1C(=O)C(C)(c2cccc(-c3csc4ccccc34)c2)NC1N. The molecular formula is C19H19N3OS. The van der Waals surface area contributed by atoms with Crippen molar-refractivity contribution in [3.05, 3.63) is 59.5 Å². The lowest BCUT2D eigenvalue weighted by atomic mass is 9.89. The molecule has 1 amide bonds. The van der Waals surface area contributed by atoms with Gasteiger partial charge in [0.2, 0.25) is 5.91 Å². The summed E-state index contributed by atoms with van der Waals surface area (Å²) in [6, 6.07) is 16.5. The lowest BCUT2D eigenvalue weighted by Gasteiger charge is -2.23. The molecule has 4 rings (SSSR count). The molecule has 5 heteroatoms.